The lowest BCUT2D eigenvalue weighted by molar-refractivity contribution is 0.0955. The molecular weight excluding hydrogens is 452 g/mol. The van der Waals surface area contributed by atoms with Gasteiger partial charge in [-0.05, 0) is 77.8 Å². The molecule has 1 heterocycles. The zero-order valence-electron chi connectivity index (χ0n) is 16.7. The molecule has 0 bridgehead atoms. The number of halogens is 2. The molecule has 150 valence electrons. The van der Waals surface area contributed by atoms with Gasteiger partial charge in [-0.1, -0.05) is 17.7 Å². The maximum Gasteiger partial charge on any atom is 0.272 e. The molecule has 0 fully saturated rings. The average Bonchev–Trinajstić information content (AvgIpc) is 2.99. The van der Waals surface area contributed by atoms with Crippen LogP contribution in [0.25, 0.3) is 5.69 Å². The van der Waals surface area contributed by atoms with Crippen molar-refractivity contribution in [2.75, 3.05) is 19.0 Å². The van der Waals surface area contributed by atoms with Crippen LogP contribution < -0.4 is 10.3 Å². The molecule has 0 spiro atoms. The number of carbonyl (C=O) groups is 1. The van der Waals surface area contributed by atoms with Crippen LogP contribution in [0.3, 0.4) is 0 Å². The Balaban J connectivity index is 1.73. The van der Waals surface area contributed by atoms with E-state index in [2.05, 4.69) is 31.0 Å². The van der Waals surface area contributed by atoms with Gasteiger partial charge in [0.1, 0.15) is 0 Å². The first-order valence-corrected chi connectivity index (χ1v) is 10.2. The van der Waals surface area contributed by atoms with Crippen LogP contribution in [0, 0.1) is 13.8 Å². The summed E-state index contributed by atoms with van der Waals surface area (Å²) in [4.78, 5) is 14.5. The van der Waals surface area contributed by atoms with E-state index < -0.39 is 0 Å². The number of anilines is 1. The molecule has 0 atom stereocenters. The quantitative estimate of drug-likeness (QED) is 0.402. The minimum absolute atomic E-state index is 0.359. The smallest absolute Gasteiger partial charge is 0.272 e. The third kappa shape index (κ3) is 4.71. The number of aryl methyl sites for hydroxylation is 2. The molecule has 1 N–H and O–H groups in total. The van der Waals surface area contributed by atoms with Crippen molar-refractivity contribution in [1.82, 2.24) is 9.99 Å². The minimum Gasteiger partial charge on any atom is -0.377 e. The number of nitrogens with one attached hydrogen (secondary N) is 1. The predicted molar refractivity (Wildman–Crippen MR) is 124 cm³/mol. The summed E-state index contributed by atoms with van der Waals surface area (Å²) in [6.07, 6.45) is 1.59. The highest BCUT2D eigenvalue weighted by atomic mass is 79.9. The lowest BCUT2D eigenvalue weighted by atomic mass is 10.2. The summed E-state index contributed by atoms with van der Waals surface area (Å²) in [7, 11) is 3.95. The Morgan fingerprint density at radius 2 is 1.79 bits per heavy atom. The first-order valence-electron chi connectivity index (χ1n) is 9.03. The standard InChI is InChI=1S/C22H22BrClN4O/c1-14-5-6-15(2)28(14)17-8-9-18(20(24)12-17)22(29)26-25-13-16-7-10-21(27(3)4)19(23)11-16/h5-13H,1-4H3,(H,26,29)/b25-13-. The second kappa shape index (κ2) is 8.84. The van der Waals surface area contributed by atoms with Crippen molar-refractivity contribution in [3.63, 3.8) is 0 Å². The van der Waals surface area contributed by atoms with Crippen LogP contribution in [-0.2, 0) is 0 Å². The maximum absolute atomic E-state index is 12.5. The van der Waals surface area contributed by atoms with Gasteiger partial charge in [-0.3, -0.25) is 4.79 Å². The molecule has 3 rings (SSSR count). The first kappa shape index (κ1) is 21.1. The molecule has 5 nitrogen and oxygen atoms in total. The number of nitrogens with zero attached hydrogens (tertiary/aromatic N) is 3. The topological polar surface area (TPSA) is 49.6 Å². The van der Waals surface area contributed by atoms with Gasteiger partial charge in [0.2, 0.25) is 0 Å². The van der Waals surface area contributed by atoms with Gasteiger partial charge in [0.15, 0.2) is 0 Å². The number of amides is 1. The van der Waals surface area contributed by atoms with Gasteiger partial charge < -0.3 is 9.47 Å². The summed E-state index contributed by atoms with van der Waals surface area (Å²) in [5, 5.41) is 4.43. The number of carbonyl (C=O) groups excluding carboxylic acids is 1. The molecular formula is C22H22BrClN4O. The fourth-order valence-electron chi connectivity index (χ4n) is 3.09. The van der Waals surface area contributed by atoms with Crippen molar-refractivity contribution < 1.29 is 4.79 Å². The molecule has 0 saturated heterocycles. The van der Waals surface area contributed by atoms with Crippen LogP contribution in [0.15, 0.2) is 58.1 Å². The van der Waals surface area contributed by atoms with E-state index >= 15 is 0 Å². The Morgan fingerprint density at radius 3 is 2.38 bits per heavy atom. The fourth-order valence-corrected chi connectivity index (χ4v) is 4.11. The zero-order valence-corrected chi connectivity index (χ0v) is 19.0. The number of aromatic nitrogens is 1. The number of hydrazone groups is 1. The Bertz CT molecular complexity index is 1070. The third-order valence-electron chi connectivity index (χ3n) is 4.56. The van der Waals surface area contributed by atoms with E-state index in [9.17, 15) is 4.79 Å². The summed E-state index contributed by atoms with van der Waals surface area (Å²) in [5.74, 6) is -0.359. The van der Waals surface area contributed by atoms with E-state index in [-0.39, 0.29) is 5.91 Å². The van der Waals surface area contributed by atoms with E-state index in [1.165, 1.54) is 0 Å². The Labute approximate surface area is 184 Å². The van der Waals surface area contributed by atoms with Gasteiger partial charge in [-0.2, -0.15) is 5.10 Å². The number of hydrogen-bond donors (Lipinski definition) is 1. The average molecular weight is 474 g/mol. The van der Waals surface area contributed by atoms with Crippen LogP contribution >= 0.6 is 27.5 Å². The van der Waals surface area contributed by atoms with E-state index in [4.69, 9.17) is 11.6 Å². The Hall–Kier alpha value is -2.57. The summed E-state index contributed by atoms with van der Waals surface area (Å²) in [6, 6.07) is 15.3. The predicted octanol–water partition coefficient (Wildman–Crippen LogP) is 5.34. The first-order chi connectivity index (χ1) is 13.8. The van der Waals surface area contributed by atoms with Crippen LogP contribution in [0.4, 0.5) is 5.69 Å². The summed E-state index contributed by atoms with van der Waals surface area (Å²) in [5.41, 5.74) is 7.96. The number of rotatable bonds is 5. The van der Waals surface area contributed by atoms with Gasteiger partial charge in [0.25, 0.3) is 5.91 Å². The number of benzene rings is 2. The molecule has 0 aliphatic heterocycles. The molecule has 1 aromatic heterocycles. The third-order valence-corrected chi connectivity index (χ3v) is 5.51. The van der Waals surface area contributed by atoms with E-state index in [1.54, 1.807) is 18.3 Å². The molecule has 0 unspecified atom stereocenters. The van der Waals surface area contributed by atoms with Gasteiger partial charge in [-0.15, -0.1) is 0 Å². The van der Waals surface area contributed by atoms with Crippen LogP contribution in [0.5, 0.6) is 0 Å². The second-order valence-corrected chi connectivity index (χ2v) is 8.18. The summed E-state index contributed by atoms with van der Waals surface area (Å²) < 4.78 is 3.04. The van der Waals surface area contributed by atoms with E-state index in [1.807, 2.05) is 69.2 Å². The van der Waals surface area contributed by atoms with E-state index in [0.29, 0.717) is 10.6 Å². The molecule has 0 aliphatic carbocycles. The highest BCUT2D eigenvalue weighted by Crippen LogP contribution is 2.25. The summed E-state index contributed by atoms with van der Waals surface area (Å²) in [6.45, 7) is 4.05. The molecule has 3 aromatic rings. The van der Waals surface area contributed by atoms with Crippen molar-refractivity contribution in [2.24, 2.45) is 5.10 Å². The van der Waals surface area contributed by atoms with Crippen molar-refractivity contribution >= 4 is 45.3 Å². The van der Waals surface area contributed by atoms with Crippen molar-refractivity contribution in [3.05, 3.63) is 80.5 Å². The van der Waals surface area contributed by atoms with Gasteiger partial charge >= 0.3 is 0 Å². The van der Waals surface area contributed by atoms with Crippen molar-refractivity contribution in [2.45, 2.75) is 13.8 Å². The molecule has 0 radical (unpaired) electrons. The lowest BCUT2D eigenvalue weighted by Gasteiger charge is -2.14. The summed E-state index contributed by atoms with van der Waals surface area (Å²) >= 11 is 9.91. The fraction of sp³-hybridized carbons (Fsp3) is 0.182. The molecule has 0 aliphatic rings. The van der Waals surface area contributed by atoms with Gasteiger partial charge in [0.05, 0.1) is 22.5 Å². The minimum atomic E-state index is -0.359. The monoisotopic (exact) mass is 472 g/mol. The number of hydrogen-bond acceptors (Lipinski definition) is 3. The van der Waals surface area contributed by atoms with Crippen LogP contribution in [0.2, 0.25) is 5.02 Å². The maximum atomic E-state index is 12.5. The lowest BCUT2D eigenvalue weighted by Crippen LogP contribution is -2.18. The molecule has 29 heavy (non-hydrogen) atoms. The van der Waals surface area contributed by atoms with Crippen LogP contribution in [0.1, 0.15) is 27.3 Å². The highest BCUT2D eigenvalue weighted by Gasteiger charge is 2.12. The largest absolute Gasteiger partial charge is 0.377 e. The Morgan fingerprint density at radius 1 is 1.10 bits per heavy atom. The van der Waals surface area contributed by atoms with Gasteiger partial charge in [0, 0.05) is 35.6 Å². The molecule has 2 aromatic carbocycles. The molecule has 1 amide bonds. The molecule has 7 heteroatoms. The normalized spacial score (nSPS) is 11.1. The second-order valence-electron chi connectivity index (χ2n) is 6.92. The molecule has 0 saturated carbocycles. The van der Waals surface area contributed by atoms with Gasteiger partial charge in [-0.25, -0.2) is 5.43 Å². The van der Waals surface area contributed by atoms with Crippen LogP contribution in [-0.4, -0.2) is 30.8 Å². The highest BCUT2D eigenvalue weighted by molar-refractivity contribution is 9.10. The van der Waals surface area contributed by atoms with Crippen molar-refractivity contribution in [3.8, 4) is 5.69 Å². The zero-order chi connectivity index (χ0) is 21.1. The SMILES string of the molecule is Cc1ccc(C)n1-c1ccc(C(=O)N/N=C\c2ccc(N(C)C)c(Br)c2)c(Cl)c1. The van der Waals surface area contributed by atoms with Crippen molar-refractivity contribution in [1.29, 1.82) is 0 Å². The Kier molecular flexibility index (Phi) is 6.45. The van der Waals surface area contributed by atoms with E-state index in [0.717, 1.165) is 32.8 Å².